The van der Waals surface area contributed by atoms with Crippen LogP contribution in [0.1, 0.15) is 15.9 Å². The van der Waals surface area contributed by atoms with Crippen LogP contribution >= 0.6 is 23.2 Å². The third-order valence-corrected chi connectivity index (χ3v) is 4.09. The Hall–Kier alpha value is -2.30. The minimum atomic E-state index is -0.171. The standard InChI is InChI=1S/C18H15Cl2N3O/c19-14-6-4-13(5-7-14)17-16(11-22-23-17)18(24)21-9-8-12-2-1-3-15(20)10-12/h1-7,10-11H,8-9H2,(H,21,24)(H,22,23). The minimum Gasteiger partial charge on any atom is -0.352 e. The molecule has 2 aromatic carbocycles. The number of aromatic nitrogens is 2. The van der Waals surface area contributed by atoms with Gasteiger partial charge in [0.25, 0.3) is 5.91 Å². The molecule has 0 radical (unpaired) electrons. The summed E-state index contributed by atoms with van der Waals surface area (Å²) in [5.74, 6) is -0.171. The number of H-pyrrole nitrogens is 1. The maximum absolute atomic E-state index is 12.4. The zero-order chi connectivity index (χ0) is 16.9. The van der Waals surface area contributed by atoms with E-state index in [1.165, 1.54) is 6.20 Å². The molecular formula is C18H15Cl2N3O. The lowest BCUT2D eigenvalue weighted by atomic mass is 10.1. The van der Waals surface area contributed by atoms with Crippen molar-refractivity contribution in [2.75, 3.05) is 6.54 Å². The summed E-state index contributed by atoms with van der Waals surface area (Å²) in [5.41, 5.74) is 3.11. The van der Waals surface area contributed by atoms with Gasteiger partial charge in [-0.25, -0.2) is 0 Å². The van der Waals surface area contributed by atoms with Gasteiger partial charge in [0.1, 0.15) is 0 Å². The molecule has 1 aromatic heterocycles. The average Bonchev–Trinajstić information content (AvgIpc) is 3.05. The maximum Gasteiger partial charge on any atom is 0.255 e. The molecule has 0 atom stereocenters. The lowest BCUT2D eigenvalue weighted by Crippen LogP contribution is -2.25. The van der Waals surface area contributed by atoms with Crippen molar-refractivity contribution in [2.24, 2.45) is 0 Å². The van der Waals surface area contributed by atoms with Crippen molar-refractivity contribution in [1.29, 1.82) is 0 Å². The number of hydrogen-bond donors (Lipinski definition) is 2. The monoisotopic (exact) mass is 359 g/mol. The van der Waals surface area contributed by atoms with Crippen molar-refractivity contribution in [3.63, 3.8) is 0 Å². The Labute approximate surface area is 149 Å². The molecule has 0 aliphatic heterocycles. The molecule has 2 N–H and O–H groups in total. The fraction of sp³-hybridized carbons (Fsp3) is 0.111. The Morgan fingerprint density at radius 1 is 1.08 bits per heavy atom. The topological polar surface area (TPSA) is 57.8 Å². The molecular weight excluding hydrogens is 345 g/mol. The van der Waals surface area contributed by atoms with E-state index >= 15 is 0 Å². The highest BCUT2D eigenvalue weighted by Gasteiger charge is 2.14. The normalized spacial score (nSPS) is 10.6. The fourth-order valence-electron chi connectivity index (χ4n) is 2.40. The number of amides is 1. The first kappa shape index (κ1) is 16.6. The predicted octanol–water partition coefficient (Wildman–Crippen LogP) is 4.36. The van der Waals surface area contributed by atoms with E-state index in [1.807, 2.05) is 36.4 Å². The van der Waals surface area contributed by atoms with Gasteiger partial charge < -0.3 is 5.32 Å². The van der Waals surface area contributed by atoms with Gasteiger partial charge in [-0.05, 0) is 36.2 Å². The van der Waals surface area contributed by atoms with Crippen molar-refractivity contribution in [3.05, 3.63) is 75.9 Å². The molecule has 0 saturated carbocycles. The molecule has 24 heavy (non-hydrogen) atoms. The van der Waals surface area contributed by atoms with Crippen molar-refractivity contribution in [3.8, 4) is 11.3 Å². The van der Waals surface area contributed by atoms with Gasteiger partial charge in [-0.2, -0.15) is 5.10 Å². The molecule has 0 bridgehead atoms. The van der Waals surface area contributed by atoms with E-state index < -0.39 is 0 Å². The number of nitrogens with one attached hydrogen (secondary N) is 2. The first-order chi connectivity index (χ1) is 11.6. The Morgan fingerprint density at radius 3 is 2.62 bits per heavy atom. The maximum atomic E-state index is 12.4. The summed E-state index contributed by atoms with van der Waals surface area (Å²) in [4.78, 5) is 12.4. The van der Waals surface area contributed by atoms with E-state index in [0.29, 0.717) is 34.3 Å². The highest BCUT2D eigenvalue weighted by molar-refractivity contribution is 6.30. The summed E-state index contributed by atoms with van der Waals surface area (Å²) < 4.78 is 0. The summed E-state index contributed by atoms with van der Waals surface area (Å²) in [5, 5.41) is 11.1. The van der Waals surface area contributed by atoms with Gasteiger partial charge >= 0.3 is 0 Å². The number of nitrogens with zero attached hydrogens (tertiary/aromatic N) is 1. The highest BCUT2D eigenvalue weighted by Crippen LogP contribution is 2.22. The molecule has 0 saturated heterocycles. The predicted molar refractivity (Wildman–Crippen MR) is 96.5 cm³/mol. The lowest BCUT2D eigenvalue weighted by Gasteiger charge is -2.06. The number of aromatic amines is 1. The van der Waals surface area contributed by atoms with E-state index in [4.69, 9.17) is 23.2 Å². The first-order valence-electron chi connectivity index (χ1n) is 7.45. The van der Waals surface area contributed by atoms with Gasteiger partial charge in [-0.15, -0.1) is 0 Å². The van der Waals surface area contributed by atoms with Gasteiger partial charge in [-0.3, -0.25) is 9.89 Å². The highest BCUT2D eigenvalue weighted by atomic mass is 35.5. The molecule has 6 heteroatoms. The third-order valence-electron chi connectivity index (χ3n) is 3.61. The second kappa shape index (κ2) is 7.51. The molecule has 1 amide bonds. The van der Waals surface area contributed by atoms with Crippen molar-refractivity contribution >= 4 is 29.1 Å². The van der Waals surface area contributed by atoms with Crippen LogP contribution in [0.25, 0.3) is 11.3 Å². The largest absolute Gasteiger partial charge is 0.352 e. The van der Waals surface area contributed by atoms with Crippen LogP contribution in [0, 0.1) is 0 Å². The SMILES string of the molecule is O=C(NCCc1cccc(Cl)c1)c1cn[nH]c1-c1ccc(Cl)cc1. The molecule has 0 aliphatic rings. The van der Waals surface area contributed by atoms with E-state index in [0.717, 1.165) is 11.1 Å². The summed E-state index contributed by atoms with van der Waals surface area (Å²) in [7, 11) is 0. The van der Waals surface area contributed by atoms with Crippen LogP contribution in [-0.4, -0.2) is 22.6 Å². The molecule has 3 aromatic rings. The van der Waals surface area contributed by atoms with Crippen LogP contribution in [0.15, 0.2) is 54.7 Å². The zero-order valence-electron chi connectivity index (χ0n) is 12.7. The molecule has 1 heterocycles. The minimum absolute atomic E-state index is 0.171. The Bertz CT molecular complexity index is 843. The van der Waals surface area contributed by atoms with Crippen LogP contribution in [0.3, 0.4) is 0 Å². The van der Waals surface area contributed by atoms with Crippen LogP contribution < -0.4 is 5.32 Å². The van der Waals surface area contributed by atoms with Crippen LogP contribution in [0.5, 0.6) is 0 Å². The van der Waals surface area contributed by atoms with E-state index in [9.17, 15) is 4.79 Å². The van der Waals surface area contributed by atoms with E-state index in [-0.39, 0.29) is 5.91 Å². The van der Waals surface area contributed by atoms with Crippen molar-refractivity contribution in [2.45, 2.75) is 6.42 Å². The quantitative estimate of drug-likeness (QED) is 0.711. The van der Waals surface area contributed by atoms with Crippen LogP contribution in [0.4, 0.5) is 0 Å². The zero-order valence-corrected chi connectivity index (χ0v) is 14.2. The molecule has 3 rings (SSSR count). The van der Waals surface area contributed by atoms with Gasteiger partial charge in [0.2, 0.25) is 0 Å². The van der Waals surface area contributed by atoms with Gasteiger partial charge in [0.05, 0.1) is 17.5 Å². The number of hydrogen-bond acceptors (Lipinski definition) is 2. The average molecular weight is 360 g/mol. The van der Waals surface area contributed by atoms with E-state index in [1.54, 1.807) is 12.1 Å². The van der Waals surface area contributed by atoms with Gasteiger partial charge in [0.15, 0.2) is 0 Å². The van der Waals surface area contributed by atoms with Crippen molar-refractivity contribution in [1.82, 2.24) is 15.5 Å². The van der Waals surface area contributed by atoms with Gasteiger partial charge in [0, 0.05) is 22.2 Å². The second-order valence-corrected chi connectivity index (χ2v) is 6.17. The summed E-state index contributed by atoms with van der Waals surface area (Å²) in [6.07, 6.45) is 2.24. The Kier molecular flexibility index (Phi) is 5.18. The summed E-state index contributed by atoms with van der Waals surface area (Å²) >= 11 is 11.9. The first-order valence-corrected chi connectivity index (χ1v) is 8.21. The number of halogens is 2. The Balaban J connectivity index is 1.66. The molecule has 0 spiro atoms. The molecule has 0 unspecified atom stereocenters. The molecule has 0 fully saturated rings. The number of carbonyl (C=O) groups excluding carboxylic acids is 1. The smallest absolute Gasteiger partial charge is 0.255 e. The molecule has 4 nitrogen and oxygen atoms in total. The molecule has 0 aliphatic carbocycles. The second-order valence-electron chi connectivity index (χ2n) is 5.30. The van der Waals surface area contributed by atoms with Gasteiger partial charge in [-0.1, -0.05) is 47.5 Å². The summed E-state index contributed by atoms with van der Waals surface area (Å²) in [6.45, 7) is 0.518. The van der Waals surface area contributed by atoms with Crippen LogP contribution in [-0.2, 0) is 6.42 Å². The van der Waals surface area contributed by atoms with Crippen LogP contribution in [0.2, 0.25) is 10.0 Å². The molecule has 122 valence electrons. The summed E-state index contributed by atoms with van der Waals surface area (Å²) in [6, 6.07) is 14.8. The fourth-order valence-corrected chi connectivity index (χ4v) is 2.74. The third kappa shape index (κ3) is 3.96. The lowest BCUT2D eigenvalue weighted by molar-refractivity contribution is 0.0955. The number of carbonyl (C=O) groups is 1. The Morgan fingerprint density at radius 2 is 1.88 bits per heavy atom. The van der Waals surface area contributed by atoms with E-state index in [2.05, 4.69) is 15.5 Å². The number of benzene rings is 2. The van der Waals surface area contributed by atoms with Crippen molar-refractivity contribution < 1.29 is 4.79 Å². The number of rotatable bonds is 5.